The molecule has 4 rings (SSSR count). The van der Waals surface area contributed by atoms with Gasteiger partial charge in [-0.2, -0.15) is 15.0 Å². The van der Waals surface area contributed by atoms with Crippen LogP contribution in [-0.2, 0) is 0 Å². The molecule has 172 valence electrons. The predicted octanol–water partition coefficient (Wildman–Crippen LogP) is -1.56. The molecular weight excluding hydrogens is 410 g/mol. The SMILES string of the molecule is NC(=O)c1ccc(Nc2nc(N3C[C@H](N)C[C@H](N)C3)nc(N3C[C@H](N)C[C@H](N)C3)n2)cc1. The van der Waals surface area contributed by atoms with Crippen molar-refractivity contribution < 1.29 is 4.79 Å². The maximum atomic E-state index is 11.3. The van der Waals surface area contributed by atoms with Crippen molar-refractivity contribution in [2.45, 2.75) is 37.0 Å². The third kappa shape index (κ3) is 5.22. The fourth-order valence-electron chi connectivity index (χ4n) is 4.22. The molecule has 2 fully saturated rings. The molecule has 12 heteroatoms. The van der Waals surface area contributed by atoms with E-state index in [4.69, 9.17) is 33.7 Å². The van der Waals surface area contributed by atoms with Gasteiger partial charge in [-0.15, -0.1) is 0 Å². The number of hydrogen-bond acceptors (Lipinski definition) is 11. The van der Waals surface area contributed by atoms with Crippen molar-refractivity contribution in [2.24, 2.45) is 28.7 Å². The molecule has 1 aromatic carbocycles. The number of rotatable bonds is 5. The molecule has 1 amide bonds. The Balaban J connectivity index is 1.65. The summed E-state index contributed by atoms with van der Waals surface area (Å²) in [4.78, 5) is 29.2. The van der Waals surface area contributed by atoms with E-state index in [-0.39, 0.29) is 24.2 Å². The number of anilines is 4. The van der Waals surface area contributed by atoms with E-state index in [9.17, 15) is 4.79 Å². The minimum atomic E-state index is -0.489. The van der Waals surface area contributed by atoms with Crippen LogP contribution in [0.15, 0.2) is 24.3 Å². The van der Waals surface area contributed by atoms with Crippen LogP contribution in [0.1, 0.15) is 23.2 Å². The van der Waals surface area contributed by atoms with Crippen LogP contribution in [-0.4, -0.2) is 71.2 Å². The first-order valence-corrected chi connectivity index (χ1v) is 10.7. The summed E-state index contributed by atoms with van der Waals surface area (Å²) in [6.45, 7) is 2.40. The lowest BCUT2D eigenvalue weighted by atomic mass is 10.0. The van der Waals surface area contributed by atoms with E-state index in [1.54, 1.807) is 24.3 Å². The molecule has 0 saturated carbocycles. The van der Waals surface area contributed by atoms with E-state index in [1.807, 2.05) is 9.80 Å². The average molecular weight is 442 g/mol. The summed E-state index contributed by atoms with van der Waals surface area (Å²) in [5, 5.41) is 3.18. The predicted molar refractivity (Wildman–Crippen MR) is 124 cm³/mol. The zero-order valence-corrected chi connectivity index (χ0v) is 17.9. The van der Waals surface area contributed by atoms with Crippen molar-refractivity contribution in [2.75, 3.05) is 41.3 Å². The highest BCUT2D eigenvalue weighted by Crippen LogP contribution is 2.24. The third-order valence-corrected chi connectivity index (χ3v) is 5.63. The molecule has 2 aliphatic heterocycles. The molecule has 0 radical (unpaired) electrons. The Morgan fingerprint density at radius 1 is 0.781 bits per heavy atom. The highest BCUT2D eigenvalue weighted by atomic mass is 16.1. The minimum absolute atomic E-state index is 0.0615. The maximum Gasteiger partial charge on any atom is 0.248 e. The highest BCUT2D eigenvalue weighted by molar-refractivity contribution is 5.93. The summed E-state index contributed by atoms with van der Waals surface area (Å²) < 4.78 is 0. The standard InChI is InChI=1S/C20H31N11O/c21-12-5-13(22)8-30(7-12)19-27-18(26-16-3-1-11(2-4-16)17(25)32)28-20(29-19)31-9-14(23)6-15(24)10-31/h1-4,12-15H,5-10,21-24H2,(H2,25,32)(H,26,27,28,29)/t12-,13+,14-,15+. The van der Waals surface area contributed by atoms with Gasteiger partial charge in [0.1, 0.15) is 0 Å². The first kappa shape index (κ1) is 22.1. The Kier molecular flexibility index (Phi) is 6.37. The smallest absolute Gasteiger partial charge is 0.248 e. The molecule has 12 nitrogen and oxygen atoms in total. The lowest BCUT2D eigenvalue weighted by Crippen LogP contribution is -2.54. The van der Waals surface area contributed by atoms with Crippen LogP contribution in [0, 0.1) is 0 Å². The normalized spacial score (nSPS) is 26.1. The van der Waals surface area contributed by atoms with Gasteiger partial charge in [0.05, 0.1) is 0 Å². The summed E-state index contributed by atoms with van der Waals surface area (Å²) in [7, 11) is 0. The molecule has 0 unspecified atom stereocenters. The molecule has 2 aliphatic rings. The molecule has 0 spiro atoms. The van der Waals surface area contributed by atoms with Gasteiger partial charge in [-0.05, 0) is 37.1 Å². The molecular formula is C20H31N11O. The van der Waals surface area contributed by atoms with Gasteiger partial charge in [-0.1, -0.05) is 0 Å². The molecule has 0 aliphatic carbocycles. The first-order chi connectivity index (χ1) is 15.3. The number of aromatic nitrogens is 3. The van der Waals surface area contributed by atoms with Gasteiger partial charge < -0.3 is 43.8 Å². The van der Waals surface area contributed by atoms with Gasteiger partial charge in [-0.25, -0.2) is 0 Å². The molecule has 0 bridgehead atoms. The van der Waals surface area contributed by atoms with Crippen LogP contribution in [0.5, 0.6) is 0 Å². The molecule has 1 aromatic heterocycles. The minimum Gasteiger partial charge on any atom is -0.366 e. The van der Waals surface area contributed by atoms with E-state index in [0.717, 1.165) is 12.8 Å². The number of benzene rings is 1. The number of piperidine rings is 2. The van der Waals surface area contributed by atoms with Gasteiger partial charge in [-0.3, -0.25) is 4.79 Å². The van der Waals surface area contributed by atoms with Crippen LogP contribution in [0.4, 0.5) is 23.5 Å². The number of carbonyl (C=O) groups is 1. The highest BCUT2D eigenvalue weighted by Gasteiger charge is 2.28. The van der Waals surface area contributed by atoms with E-state index in [2.05, 4.69) is 15.3 Å². The Morgan fingerprint density at radius 2 is 1.22 bits per heavy atom. The summed E-state index contributed by atoms with van der Waals surface area (Å²) >= 11 is 0. The van der Waals surface area contributed by atoms with E-state index >= 15 is 0 Å². The molecule has 11 N–H and O–H groups in total. The topological polar surface area (TPSA) is 204 Å². The van der Waals surface area contributed by atoms with E-state index in [1.165, 1.54) is 0 Å². The van der Waals surface area contributed by atoms with Gasteiger partial charge in [0.15, 0.2) is 0 Å². The van der Waals surface area contributed by atoms with Crippen molar-refractivity contribution in [3.05, 3.63) is 29.8 Å². The van der Waals surface area contributed by atoms with Crippen LogP contribution >= 0.6 is 0 Å². The molecule has 4 atom stereocenters. The Hall–Kier alpha value is -3.06. The number of carbonyl (C=O) groups excluding carboxylic acids is 1. The maximum absolute atomic E-state index is 11.3. The second-order valence-electron chi connectivity index (χ2n) is 8.65. The fourth-order valence-corrected chi connectivity index (χ4v) is 4.22. The monoisotopic (exact) mass is 441 g/mol. The van der Waals surface area contributed by atoms with Crippen molar-refractivity contribution in [1.82, 2.24) is 15.0 Å². The molecule has 3 heterocycles. The third-order valence-electron chi connectivity index (χ3n) is 5.63. The Bertz CT molecular complexity index is 889. The van der Waals surface area contributed by atoms with Crippen molar-refractivity contribution in [3.8, 4) is 0 Å². The number of hydrogen-bond donors (Lipinski definition) is 6. The number of nitrogens with two attached hydrogens (primary N) is 5. The Morgan fingerprint density at radius 3 is 1.62 bits per heavy atom. The van der Waals surface area contributed by atoms with Gasteiger partial charge in [0.2, 0.25) is 23.8 Å². The van der Waals surface area contributed by atoms with Gasteiger partial charge in [0, 0.05) is 61.6 Å². The first-order valence-electron chi connectivity index (χ1n) is 10.7. The Labute approximate surface area is 186 Å². The average Bonchev–Trinajstić information content (AvgIpc) is 2.72. The van der Waals surface area contributed by atoms with Crippen LogP contribution in [0.3, 0.4) is 0 Å². The molecule has 2 saturated heterocycles. The van der Waals surface area contributed by atoms with Crippen LogP contribution in [0.25, 0.3) is 0 Å². The second kappa shape index (κ2) is 9.20. The summed E-state index contributed by atoms with van der Waals surface area (Å²) in [6, 6.07) is 6.51. The molecule has 32 heavy (non-hydrogen) atoms. The number of amides is 1. The fraction of sp³-hybridized carbons (Fsp3) is 0.500. The number of nitrogens with zero attached hydrogens (tertiary/aromatic N) is 5. The number of nitrogens with one attached hydrogen (secondary N) is 1. The van der Waals surface area contributed by atoms with E-state index in [0.29, 0.717) is 55.3 Å². The quantitative estimate of drug-likeness (QED) is 0.313. The van der Waals surface area contributed by atoms with Gasteiger partial charge >= 0.3 is 0 Å². The zero-order chi connectivity index (χ0) is 22.8. The van der Waals surface area contributed by atoms with Crippen molar-refractivity contribution in [1.29, 1.82) is 0 Å². The van der Waals surface area contributed by atoms with Crippen LogP contribution in [0.2, 0.25) is 0 Å². The summed E-state index contributed by atoms with van der Waals surface area (Å²) in [6.07, 6.45) is 1.50. The van der Waals surface area contributed by atoms with Crippen LogP contribution < -0.4 is 43.8 Å². The largest absolute Gasteiger partial charge is 0.366 e. The second-order valence-corrected chi connectivity index (χ2v) is 8.65. The summed E-state index contributed by atoms with van der Waals surface area (Å²) in [5.74, 6) is 0.850. The van der Waals surface area contributed by atoms with E-state index < -0.39 is 5.91 Å². The molecule has 2 aromatic rings. The van der Waals surface area contributed by atoms with Crippen molar-refractivity contribution in [3.63, 3.8) is 0 Å². The van der Waals surface area contributed by atoms with Gasteiger partial charge in [0.25, 0.3) is 0 Å². The number of primary amides is 1. The lowest BCUT2D eigenvalue weighted by Gasteiger charge is -2.37. The summed E-state index contributed by atoms with van der Waals surface area (Å²) in [5.41, 5.74) is 31.2. The zero-order valence-electron chi connectivity index (χ0n) is 17.9. The lowest BCUT2D eigenvalue weighted by molar-refractivity contribution is 0.100. The van der Waals surface area contributed by atoms with Crippen molar-refractivity contribution >= 4 is 29.4 Å².